The number of nitro benzene ring substituents is 1. The van der Waals surface area contributed by atoms with Gasteiger partial charge in [0.25, 0.3) is 11.6 Å². The Kier molecular flexibility index (Phi) is 4.64. The summed E-state index contributed by atoms with van der Waals surface area (Å²) in [5.74, 6) is 0.781. The molecule has 0 saturated carbocycles. The van der Waals surface area contributed by atoms with Crippen molar-refractivity contribution in [1.82, 2.24) is 10.2 Å². The Morgan fingerprint density at radius 2 is 1.75 bits per heavy atom. The zero-order valence-electron chi connectivity index (χ0n) is 12.0. The highest BCUT2D eigenvalue weighted by atomic mass is 35.5. The third-order valence-electron chi connectivity index (χ3n) is 3.05. The highest BCUT2D eigenvalue weighted by Crippen LogP contribution is 2.33. The van der Waals surface area contributed by atoms with Gasteiger partial charge in [0.2, 0.25) is 5.89 Å². The van der Waals surface area contributed by atoms with Gasteiger partial charge in [-0.05, 0) is 24.3 Å². The van der Waals surface area contributed by atoms with Crippen LogP contribution in [0.3, 0.4) is 0 Å². The number of para-hydroxylation sites is 1. The van der Waals surface area contributed by atoms with Crippen LogP contribution in [0.2, 0.25) is 10.0 Å². The molecule has 1 heterocycles. The molecule has 0 N–H and O–H groups in total. The molecule has 0 aliphatic rings. The van der Waals surface area contributed by atoms with Crippen LogP contribution in [0.4, 0.5) is 5.69 Å². The Morgan fingerprint density at radius 3 is 2.38 bits per heavy atom. The Labute approximate surface area is 145 Å². The normalized spacial score (nSPS) is 10.6. The Bertz CT molecular complexity index is 860. The third-order valence-corrected chi connectivity index (χ3v) is 3.65. The topological polar surface area (TPSA) is 91.3 Å². The van der Waals surface area contributed by atoms with Crippen LogP contribution in [0.5, 0.6) is 5.75 Å². The van der Waals surface area contributed by atoms with Gasteiger partial charge in [-0.25, -0.2) is 0 Å². The molecule has 0 radical (unpaired) electrons. The lowest BCUT2D eigenvalue weighted by Gasteiger charge is -2.07. The fourth-order valence-electron chi connectivity index (χ4n) is 1.91. The highest BCUT2D eigenvalue weighted by molar-refractivity contribution is 6.37. The second-order valence-electron chi connectivity index (χ2n) is 4.64. The van der Waals surface area contributed by atoms with Gasteiger partial charge < -0.3 is 9.15 Å². The highest BCUT2D eigenvalue weighted by Gasteiger charge is 2.13. The summed E-state index contributed by atoms with van der Waals surface area (Å²) in [7, 11) is 0. The second kappa shape index (κ2) is 6.86. The molecular weight excluding hydrogens is 357 g/mol. The molecule has 0 fully saturated rings. The summed E-state index contributed by atoms with van der Waals surface area (Å²) < 4.78 is 11.0. The molecule has 0 aliphatic carbocycles. The summed E-state index contributed by atoms with van der Waals surface area (Å²) in [5.41, 5.74) is 0.547. The fraction of sp³-hybridized carbons (Fsp3) is 0.0667. The van der Waals surface area contributed by atoms with E-state index < -0.39 is 4.92 Å². The predicted molar refractivity (Wildman–Crippen MR) is 87.2 cm³/mol. The van der Waals surface area contributed by atoms with Crippen molar-refractivity contribution >= 4 is 28.9 Å². The third kappa shape index (κ3) is 3.47. The molecule has 3 rings (SSSR count). The number of aromatic nitrogens is 2. The van der Waals surface area contributed by atoms with Crippen molar-refractivity contribution in [3.8, 4) is 17.2 Å². The first-order valence-corrected chi connectivity index (χ1v) is 7.44. The van der Waals surface area contributed by atoms with Crippen molar-refractivity contribution in [2.75, 3.05) is 0 Å². The number of nitro groups is 1. The van der Waals surface area contributed by atoms with E-state index in [9.17, 15) is 10.1 Å². The molecule has 0 aliphatic heterocycles. The van der Waals surface area contributed by atoms with Crippen molar-refractivity contribution in [1.29, 1.82) is 0 Å². The second-order valence-corrected chi connectivity index (χ2v) is 5.46. The minimum atomic E-state index is -0.482. The molecule has 24 heavy (non-hydrogen) atoms. The molecule has 0 atom stereocenters. The van der Waals surface area contributed by atoms with Crippen LogP contribution < -0.4 is 4.74 Å². The quantitative estimate of drug-likeness (QED) is 0.487. The first-order chi connectivity index (χ1) is 11.5. The molecule has 3 aromatic rings. The van der Waals surface area contributed by atoms with E-state index >= 15 is 0 Å². The number of hydrogen-bond donors (Lipinski definition) is 0. The van der Waals surface area contributed by atoms with Crippen LogP contribution in [0, 0.1) is 10.1 Å². The summed E-state index contributed by atoms with van der Waals surface area (Å²) in [4.78, 5) is 10.2. The summed E-state index contributed by atoms with van der Waals surface area (Å²) in [6, 6.07) is 10.8. The summed E-state index contributed by atoms with van der Waals surface area (Å²) >= 11 is 12.0. The number of halogens is 2. The minimum Gasteiger partial charge on any atom is -0.481 e. The van der Waals surface area contributed by atoms with Gasteiger partial charge in [0.1, 0.15) is 0 Å². The van der Waals surface area contributed by atoms with Crippen LogP contribution in [-0.2, 0) is 6.61 Å². The number of benzene rings is 2. The molecule has 1 aromatic heterocycles. The fourth-order valence-corrected chi connectivity index (χ4v) is 2.42. The standard InChI is InChI=1S/C15H9Cl2N3O4/c16-11-2-1-3-12(17)14(11)23-8-13-18-19-15(24-13)9-4-6-10(7-5-9)20(21)22/h1-7H,8H2. The largest absolute Gasteiger partial charge is 0.481 e. The lowest BCUT2D eigenvalue weighted by molar-refractivity contribution is -0.384. The lowest BCUT2D eigenvalue weighted by Crippen LogP contribution is -1.96. The van der Waals surface area contributed by atoms with E-state index in [1.807, 2.05) is 0 Å². The molecule has 0 spiro atoms. The maximum absolute atomic E-state index is 10.6. The minimum absolute atomic E-state index is 0.0105. The molecule has 2 aromatic carbocycles. The van der Waals surface area contributed by atoms with Crippen LogP contribution in [0.25, 0.3) is 11.5 Å². The first-order valence-electron chi connectivity index (χ1n) is 6.68. The van der Waals surface area contributed by atoms with Crippen molar-refractivity contribution in [2.24, 2.45) is 0 Å². The van der Waals surface area contributed by atoms with E-state index in [1.165, 1.54) is 24.3 Å². The first kappa shape index (κ1) is 16.2. The van der Waals surface area contributed by atoms with Crippen molar-refractivity contribution in [3.05, 3.63) is 68.5 Å². The molecule has 0 saturated heterocycles. The summed E-state index contributed by atoms with van der Waals surface area (Å²) in [6.07, 6.45) is 0. The smallest absolute Gasteiger partial charge is 0.269 e. The summed E-state index contributed by atoms with van der Waals surface area (Å²) in [5, 5.41) is 19.1. The molecule has 122 valence electrons. The monoisotopic (exact) mass is 365 g/mol. The number of hydrogen-bond acceptors (Lipinski definition) is 6. The van der Waals surface area contributed by atoms with Crippen LogP contribution in [0.15, 0.2) is 46.9 Å². The number of nitrogens with zero attached hydrogens (tertiary/aromatic N) is 3. The zero-order valence-corrected chi connectivity index (χ0v) is 13.5. The molecule has 9 heteroatoms. The van der Waals surface area contributed by atoms with Gasteiger partial charge in [0.15, 0.2) is 12.4 Å². The lowest BCUT2D eigenvalue weighted by atomic mass is 10.2. The van der Waals surface area contributed by atoms with Gasteiger partial charge in [-0.1, -0.05) is 29.3 Å². The van der Waals surface area contributed by atoms with Crippen LogP contribution >= 0.6 is 23.2 Å². The van der Waals surface area contributed by atoms with Crippen molar-refractivity contribution < 1.29 is 14.1 Å². The van der Waals surface area contributed by atoms with E-state index in [4.69, 9.17) is 32.4 Å². The van der Waals surface area contributed by atoms with E-state index in [0.717, 1.165) is 0 Å². The van der Waals surface area contributed by atoms with Gasteiger partial charge in [0.05, 0.1) is 15.0 Å². The van der Waals surface area contributed by atoms with Gasteiger partial charge in [-0.3, -0.25) is 10.1 Å². The van der Waals surface area contributed by atoms with Gasteiger partial charge in [-0.15, -0.1) is 10.2 Å². The van der Waals surface area contributed by atoms with Gasteiger partial charge in [0, 0.05) is 17.7 Å². The van der Waals surface area contributed by atoms with E-state index in [2.05, 4.69) is 10.2 Å². The van der Waals surface area contributed by atoms with Crippen LogP contribution in [0.1, 0.15) is 5.89 Å². The van der Waals surface area contributed by atoms with E-state index in [-0.39, 0.29) is 24.1 Å². The Balaban J connectivity index is 1.73. The molecule has 0 unspecified atom stereocenters. The Hall–Kier alpha value is -2.64. The Morgan fingerprint density at radius 1 is 1.08 bits per heavy atom. The zero-order chi connectivity index (χ0) is 17.1. The number of rotatable bonds is 5. The van der Waals surface area contributed by atoms with Crippen molar-refractivity contribution in [2.45, 2.75) is 6.61 Å². The average molecular weight is 366 g/mol. The summed E-state index contributed by atoms with van der Waals surface area (Å²) in [6.45, 7) is -0.0105. The molecule has 0 bridgehead atoms. The van der Waals surface area contributed by atoms with Gasteiger partial charge >= 0.3 is 0 Å². The molecule has 0 amide bonds. The predicted octanol–water partition coefficient (Wildman–Crippen LogP) is 4.53. The average Bonchev–Trinajstić information content (AvgIpc) is 3.03. The van der Waals surface area contributed by atoms with E-state index in [0.29, 0.717) is 21.4 Å². The van der Waals surface area contributed by atoms with Crippen molar-refractivity contribution in [3.63, 3.8) is 0 Å². The van der Waals surface area contributed by atoms with E-state index in [1.54, 1.807) is 18.2 Å². The maximum Gasteiger partial charge on any atom is 0.269 e. The molecular formula is C15H9Cl2N3O4. The van der Waals surface area contributed by atoms with Gasteiger partial charge in [-0.2, -0.15) is 0 Å². The maximum atomic E-state index is 10.6. The number of non-ortho nitro benzene ring substituents is 1. The number of ether oxygens (including phenoxy) is 1. The SMILES string of the molecule is O=[N+]([O-])c1ccc(-c2nnc(COc3c(Cl)cccc3Cl)o2)cc1. The molecule has 7 nitrogen and oxygen atoms in total. The van der Waals surface area contributed by atoms with Crippen LogP contribution in [-0.4, -0.2) is 15.1 Å².